The van der Waals surface area contributed by atoms with Gasteiger partial charge in [-0.15, -0.1) is 0 Å². The first-order valence-corrected chi connectivity index (χ1v) is 8.38. The summed E-state index contributed by atoms with van der Waals surface area (Å²) < 4.78 is 11.9. The van der Waals surface area contributed by atoms with Gasteiger partial charge in [-0.25, -0.2) is 9.36 Å². The molecule has 1 heterocycles. The first-order valence-electron chi connectivity index (χ1n) is 8.38. The van der Waals surface area contributed by atoms with Crippen molar-refractivity contribution in [3.8, 4) is 29.0 Å². The fourth-order valence-corrected chi connectivity index (χ4v) is 2.70. The standard InChI is InChI=1S/C20H16N4O5/c1-11-5-3-4-6-15(11)29-16-9-14(17(28-2)7-12(16)10-21)24-18(25)8-13(19(22)26)23-20(24)27/h3-9H,1-2H3,(H2,22,26)(H,23,27). The van der Waals surface area contributed by atoms with Crippen molar-refractivity contribution >= 4 is 5.91 Å². The molecule has 146 valence electrons. The molecule has 0 saturated carbocycles. The first kappa shape index (κ1) is 19.4. The van der Waals surface area contributed by atoms with Crippen molar-refractivity contribution in [3.63, 3.8) is 0 Å². The largest absolute Gasteiger partial charge is 0.495 e. The summed E-state index contributed by atoms with van der Waals surface area (Å²) in [5.74, 6) is -0.215. The molecular weight excluding hydrogens is 376 g/mol. The summed E-state index contributed by atoms with van der Waals surface area (Å²) in [6, 6.07) is 12.8. The maximum atomic E-state index is 12.5. The second-order valence-electron chi connectivity index (χ2n) is 6.03. The number of benzene rings is 2. The van der Waals surface area contributed by atoms with Gasteiger partial charge in [0.05, 0.1) is 18.4 Å². The molecule has 0 aliphatic rings. The maximum absolute atomic E-state index is 12.5. The molecular formula is C20H16N4O5. The number of primary amides is 1. The summed E-state index contributed by atoms with van der Waals surface area (Å²) in [6.45, 7) is 1.84. The van der Waals surface area contributed by atoms with Crippen molar-refractivity contribution in [1.82, 2.24) is 9.55 Å². The number of nitrogens with one attached hydrogen (secondary N) is 1. The summed E-state index contributed by atoms with van der Waals surface area (Å²) in [4.78, 5) is 38.5. The fraction of sp³-hybridized carbons (Fsp3) is 0.100. The van der Waals surface area contributed by atoms with Crippen molar-refractivity contribution in [1.29, 1.82) is 5.26 Å². The van der Waals surface area contributed by atoms with Gasteiger partial charge in [0.1, 0.15) is 29.0 Å². The van der Waals surface area contributed by atoms with Gasteiger partial charge < -0.3 is 20.2 Å². The molecule has 0 spiro atoms. The van der Waals surface area contributed by atoms with Crippen LogP contribution in [-0.2, 0) is 0 Å². The van der Waals surface area contributed by atoms with Crippen molar-refractivity contribution in [2.75, 3.05) is 7.11 Å². The van der Waals surface area contributed by atoms with Gasteiger partial charge in [-0.1, -0.05) is 18.2 Å². The predicted molar refractivity (Wildman–Crippen MR) is 104 cm³/mol. The Labute approximate surface area is 164 Å². The molecule has 2 aromatic carbocycles. The van der Waals surface area contributed by atoms with E-state index < -0.39 is 17.2 Å². The summed E-state index contributed by atoms with van der Waals surface area (Å²) in [5.41, 5.74) is 4.12. The van der Waals surface area contributed by atoms with Crippen LogP contribution in [0.1, 0.15) is 21.6 Å². The molecule has 0 aliphatic carbocycles. The molecule has 9 nitrogen and oxygen atoms in total. The smallest absolute Gasteiger partial charge is 0.333 e. The number of aromatic nitrogens is 2. The van der Waals surface area contributed by atoms with Crippen LogP contribution >= 0.6 is 0 Å². The van der Waals surface area contributed by atoms with Crippen molar-refractivity contribution in [2.24, 2.45) is 5.73 Å². The van der Waals surface area contributed by atoms with Gasteiger partial charge in [-0.05, 0) is 18.6 Å². The minimum absolute atomic E-state index is 0.0392. The third-order valence-electron chi connectivity index (χ3n) is 4.15. The van der Waals surface area contributed by atoms with Crippen LogP contribution in [0.5, 0.6) is 17.2 Å². The van der Waals surface area contributed by atoms with Crippen LogP contribution in [0.4, 0.5) is 0 Å². The lowest BCUT2D eigenvalue weighted by atomic mass is 10.1. The van der Waals surface area contributed by atoms with Crippen LogP contribution in [0, 0.1) is 18.3 Å². The monoisotopic (exact) mass is 392 g/mol. The molecule has 29 heavy (non-hydrogen) atoms. The van der Waals surface area contributed by atoms with E-state index in [4.69, 9.17) is 15.2 Å². The van der Waals surface area contributed by atoms with Crippen LogP contribution < -0.4 is 26.5 Å². The van der Waals surface area contributed by atoms with E-state index in [1.807, 2.05) is 25.1 Å². The quantitative estimate of drug-likeness (QED) is 0.676. The number of amides is 1. The zero-order valence-corrected chi connectivity index (χ0v) is 15.6. The Morgan fingerprint density at radius 1 is 1.14 bits per heavy atom. The number of rotatable bonds is 5. The van der Waals surface area contributed by atoms with Crippen LogP contribution in [0.2, 0.25) is 0 Å². The lowest BCUT2D eigenvalue weighted by Gasteiger charge is -2.15. The topological polar surface area (TPSA) is 140 Å². The third-order valence-corrected chi connectivity index (χ3v) is 4.15. The second kappa shape index (κ2) is 7.74. The number of aryl methyl sites for hydroxylation is 1. The molecule has 0 saturated heterocycles. The average Bonchev–Trinajstić information content (AvgIpc) is 2.69. The summed E-state index contributed by atoms with van der Waals surface area (Å²) in [6.07, 6.45) is 0. The van der Waals surface area contributed by atoms with Gasteiger partial charge >= 0.3 is 5.69 Å². The number of nitrogens with two attached hydrogens (primary N) is 1. The number of ether oxygens (including phenoxy) is 2. The fourth-order valence-electron chi connectivity index (χ4n) is 2.70. The van der Waals surface area contributed by atoms with Gasteiger partial charge in [-0.2, -0.15) is 5.26 Å². The highest BCUT2D eigenvalue weighted by atomic mass is 16.5. The molecule has 0 fully saturated rings. The van der Waals surface area contributed by atoms with Crippen molar-refractivity contribution in [3.05, 3.63) is 80.1 Å². The SMILES string of the molecule is COc1cc(C#N)c(Oc2ccccc2C)cc1-n1c(=O)cc(C(N)=O)[nH]c1=O. The number of H-pyrrole nitrogens is 1. The highest BCUT2D eigenvalue weighted by Crippen LogP contribution is 2.34. The van der Waals surface area contributed by atoms with Gasteiger partial charge in [0, 0.05) is 18.2 Å². The van der Waals surface area contributed by atoms with E-state index in [0.717, 1.165) is 16.2 Å². The zero-order valence-electron chi connectivity index (χ0n) is 15.6. The number of methoxy groups -OCH3 is 1. The van der Waals surface area contributed by atoms with E-state index in [1.54, 1.807) is 12.1 Å². The van der Waals surface area contributed by atoms with E-state index in [9.17, 15) is 19.6 Å². The van der Waals surface area contributed by atoms with E-state index in [1.165, 1.54) is 19.2 Å². The van der Waals surface area contributed by atoms with Crippen molar-refractivity contribution < 1.29 is 14.3 Å². The van der Waals surface area contributed by atoms with Gasteiger partial charge in [0.25, 0.3) is 11.5 Å². The highest BCUT2D eigenvalue weighted by molar-refractivity contribution is 5.90. The lowest BCUT2D eigenvalue weighted by Crippen LogP contribution is -2.36. The molecule has 1 amide bonds. The lowest BCUT2D eigenvalue weighted by molar-refractivity contribution is 0.0995. The molecule has 0 atom stereocenters. The Balaban J connectivity index is 2.24. The maximum Gasteiger partial charge on any atom is 0.333 e. The summed E-state index contributed by atoms with van der Waals surface area (Å²) in [7, 11) is 1.33. The number of carbonyl (C=O) groups is 1. The number of hydrogen-bond acceptors (Lipinski definition) is 6. The third kappa shape index (κ3) is 3.72. The number of hydrogen-bond donors (Lipinski definition) is 2. The van der Waals surface area contributed by atoms with Gasteiger partial charge in [0.2, 0.25) is 0 Å². The average molecular weight is 392 g/mol. The minimum Gasteiger partial charge on any atom is -0.495 e. The Kier molecular flexibility index (Phi) is 5.19. The molecule has 3 N–H and O–H groups in total. The number of nitrogens with zero attached hydrogens (tertiary/aromatic N) is 2. The molecule has 3 rings (SSSR count). The molecule has 1 aromatic heterocycles. The van der Waals surface area contributed by atoms with Crippen LogP contribution in [0.15, 0.2) is 52.1 Å². The molecule has 9 heteroatoms. The van der Waals surface area contributed by atoms with Gasteiger partial charge in [-0.3, -0.25) is 9.59 Å². The van der Waals surface area contributed by atoms with Crippen LogP contribution in [0.25, 0.3) is 5.69 Å². The van der Waals surface area contributed by atoms with Crippen molar-refractivity contribution in [2.45, 2.75) is 6.92 Å². The van der Waals surface area contributed by atoms with E-state index >= 15 is 0 Å². The van der Waals surface area contributed by atoms with E-state index in [-0.39, 0.29) is 28.4 Å². The van der Waals surface area contributed by atoms with E-state index in [0.29, 0.717) is 5.75 Å². The normalized spacial score (nSPS) is 10.2. The molecule has 3 aromatic rings. The van der Waals surface area contributed by atoms with Crippen LogP contribution in [0.3, 0.4) is 0 Å². The molecule has 0 radical (unpaired) electrons. The number of nitriles is 1. The number of aromatic amines is 1. The Morgan fingerprint density at radius 3 is 2.45 bits per heavy atom. The first-order chi connectivity index (χ1) is 13.8. The second-order valence-corrected chi connectivity index (χ2v) is 6.03. The van der Waals surface area contributed by atoms with Gasteiger partial charge in [0.15, 0.2) is 0 Å². The number of para-hydroxylation sites is 1. The summed E-state index contributed by atoms with van der Waals surface area (Å²) in [5, 5.41) is 9.48. The zero-order chi connectivity index (χ0) is 21.1. The predicted octanol–water partition coefficient (Wildman–Crippen LogP) is 1.61. The summed E-state index contributed by atoms with van der Waals surface area (Å²) >= 11 is 0. The molecule has 0 bridgehead atoms. The molecule has 0 unspecified atom stereocenters. The minimum atomic E-state index is -0.943. The number of carbonyl (C=O) groups excluding carboxylic acids is 1. The Hall–Kier alpha value is -4.32. The molecule has 0 aliphatic heterocycles. The highest BCUT2D eigenvalue weighted by Gasteiger charge is 2.18. The van der Waals surface area contributed by atoms with Crippen LogP contribution in [-0.4, -0.2) is 22.6 Å². The Bertz CT molecular complexity index is 1240. The van der Waals surface area contributed by atoms with E-state index in [2.05, 4.69) is 4.98 Å². The Morgan fingerprint density at radius 2 is 1.86 bits per heavy atom.